The highest BCUT2D eigenvalue weighted by Crippen LogP contribution is 2.28. The summed E-state index contributed by atoms with van der Waals surface area (Å²) in [5.74, 6) is -0.773. The topological polar surface area (TPSA) is 92.4 Å². The van der Waals surface area contributed by atoms with E-state index in [1.165, 1.54) is 0 Å². The normalized spacial score (nSPS) is 20.1. The van der Waals surface area contributed by atoms with Crippen LogP contribution in [0.25, 0.3) is 0 Å². The second kappa shape index (κ2) is 6.73. The molecule has 1 amide bonds. The van der Waals surface area contributed by atoms with Gasteiger partial charge in [0, 0.05) is 6.42 Å². The summed E-state index contributed by atoms with van der Waals surface area (Å²) in [6.45, 7) is 2.54. The number of nitrogens with two attached hydrogens (primary N) is 1. The highest BCUT2D eigenvalue weighted by atomic mass is 16.4. The molecule has 0 aromatic rings. The van der Waals surface area contributed by atoms with Crippen molar-refractivity contribution in [2.75, 3.05) is 6.54 Å². The van der Waals surface area contributed by atoms with Gasteiger partial charge in [-0.15, -0.1) is 0 Å². The zero-order valence-electron chi connectivity index (χ0n) is 11.1. The van der Waals surface area contributed by atoms with Crippen LogP contribution in [-0.4, -0.2) is 29.1 Å². The minimum atomic E-state index is -1.03. The molecular formula is C13H24N2O3. The molecule has 18 heavy (non-hydrogen) atoms. The molecule has 104 valence electrons. The van der Waals surface area contributed by atoms with E-state index < -0.39 is 11.5 Å². The Bertz CT molecular complexity index is 299. The van der Waals surface area contributed by atoms with E-state index in [4.69, 9.17) is 5.73 Å². The number of nitrogens with one attached hydrogen (secondary N) is 1. The fraction of sp³-hybridized carbons (Fsp3) is 0.846. The number of carbonyl (C=O) groups excluding carboxylic acids is 1. The molecule has 0 bridgehead atoms. The van der Waals surface area contributed by atoms with Gasteiger partial charge in [0.15, 0.2) is 0 Å². The van der Waals surface area contributed by atoms with Crippen molar-refractivity contribution in [2.45, 2.75) is 57.4 Å². The molecule has 4 N–H and O–H groups in total. The van der Waals surface area contributed by atoms with Crippen LogP contribution in [0.1, 0.15) is 51.9 Å². The number of carboxylic acids is 1. The van der Waals surface area contributed by atoms with E-state index in [1.807, 2.05) is 6.92 Å². The third-order valence-corrected chi connectivity index (χ3v) is 3.76. The van der Waals surface area contributed by atoms with Crippen molar-refractivity contribution >= 4 is 11.9 Å². The Balaban J connectivity index is 2.50. The molecule has 5 nitrogen and oxygen atoms in total. The quantitative estimate of drug-likeness (QED) is 0.667. The Morgan fingerprint density at radius 3 is 2.44 bits per heavy atom. The molecule has 0 saturated heterocycles. The van der Waals surface area contributed by atoms with Gasteiger partial charge >= 0.3 is 5.97 Å². The number of carbonyl (C=O) groups is 2. The summed E-state index contributed by atoms with van der Waals surface area (Å²) in [5.41, 5.74) is 4.46. The van der Waals surface area contributed by atoms with Gasteiger partial charge in [0.1, 0.15) is 5.54 Å². The van der Waals surface area contributed by atoms with E-state index in [1.54, 1.807) is 0 Å². The monoisotopic (exact) mass is 256 g/mol. The van der Waals surface area contributed by atoms with Crippen molar-refractivity contribution in [1.29, 1.82) is 0 Å². The fourth-order valence-electron chi connectivity index (χ4n) is 2.37. The van der Waals surface area contributed by atoms with Gasteiger partial charge in [-0.3, -0.25) is 4.79 Å². The number of carboxylic acid groups (broad SMARTS) is 1. The van der Waals surface area contributed by atoms with Crippen LogP contribution in [0.2, 0.25) is 0 Å². The summed E-state index contributed by atoms with van der Waals surface area (Å²) in [6.07, 6.45) is 4.93. The largest absolute Gasteiger partial charge is 0.480 e. The SMILES string of the molecule is CC(CN)CCC(=O)NC1(C(=O)O)CCCCC1. The first-order chi connectivity index (χ1) is 8.50. The maximum Gasteiger partial charge on any atom is 0.329 e. The van der Waals surface area contributed by atoms with Crippen LogP contribution in [-0.2, 0) is 9.59 Å². The molecule has 0 radical (unpaired) electrons. The van der Waals surface area contributed by atoms with E-state index in [-0.39, 0.29) is 5.91 Å². The molecule has 0 aromatic carbocycles. The van der Waals surface area contributed by atoms with Crippen LogP contribution < -0.4 is 11.1 Å². The molecule has 1 fully saturated rings. The zero-order valence-corrected chi connectivity index (χ0v) is 11.1. The summed E-state index contributed by atoms with van der Waals surface area (Å²) < 4.78 is 0. The van der Waals surface area contributed by atoms with Crippen molar-refractivity contribution in [2.24, 2.45) is 11.7 Å². The minimum Gasteiger partial charge on any atom is -0.480 e. The van der Waals surface area contributed by atoms with Gasteiger partial charge in [0.2, 0.25) is 5.91 Å². The number of rotatable bonds is 6. The Morgan fingerprint density at radius 1 is 1.33 bits per heavy atom. The molecule has 1 rings (SSSR count). The first-order valence-electron chi connectivity index (χ1n) is 6.74. The second-order valence-electron chi connectivity index (χ2n) is 5.38. The number of hydrogen-bond donors (Lipinski definition) is 3. The molecule has 0 aromatic heterocycles. The molecule has 1 unspecified atom stereocenters. The maximum absolute atomic E-state index is 11.8. The van der Waals surface area contributed by atoms with Crippen molar-refractivity contribution in [3.8, 4) is 0 Å². The van der Waals surface area contributed by atoms with Gasteiger partial charge in [0.05, 0.1) is 0 Å². The molecule has 1 atom stereocenters. The van der Waals surface area contributed by atoms with Crippen LogP contribution in [0.3, 0.4) is 0 Å². The summed E-state index contributed by atoms with van der Waals surface area (Å²) in [4.78, 5) is 23.2. The van der Waals surface area contributed by atoms with E-state index in [2.05, 4.69) is 5.32 Å². The summed E-state index contributed by atoms with van der Waals surface area (Å²) >= 11 is 0. The molecular weight excluding hydrogens is 232 g/mol. The lowest BCUT2D eigenvalue weighted by molar-refractivity contribution is -0.149. The van der Waals surface area contributed by atoms with Crippen molar-refractivity contribution < 1.29 is 14.7 Å². The Labute approximate surface area is 108 Å². The fourth-order valence-corrected chi connectivity index (χ4v) is 2.37. The Hall–Kier alpha value is -1.10. The van der Waals surface area contributed by atoms with Gasteiger partial charge in [-0.2, -0.15) is 0 Å². The van der Waals surface area contributed by atoms with E-state index in [0.717, 1.165) is 19.3 Å². The second-order valence-corrected chi connectivity index (χ2v) is 5.38. The first-order valence-corrected chi connectivity index (χ1v) is 6.74. The predicted octanol–water partition coefficient (Wildman–Crippen LogP) is 1.27. The standard InChI is InChI=1S/C13H24N2O3/c1-10(9-14)5-6-11(16)15-13(12(17)18)7-3-2-4-8-13/h10H,2-9,14H2,1H3,(H,15,16)(H,17,18). The third kappa shape index (κ3) is 3.98. The van der Waals surface area contributed by atoms with Gasteiger partial charge in [0.25, 0.3) is 0 Å². The van der Waals surface area contributed by atoms with E-state index in [9.17, 15) is 14.7 Å². The number of amides is 1. The molecule has 0 spiro atoms. The lowest BCUT2D eigenvalue weighted by Gasteiger charge is -2.34. The smallest absolute Gasteiger partial charge is 0.329 e. The maximum atomic E-state index is 11.8. The lowest BCUT2D eigenvalue weighted by Crippen LogP contribution is -2.55. The summed E-state index contributed by atoms with van der Waals surface area (Å²) in [6, 6.07) is 0. The van der Waals surface area contributed by atoms with Gasteiger partial charge < -0.3 is 16.2 Å². The van der Waals surface area contributed by atoms with Crippen molar-refractivity contribution in [3.63, 3.8) is 0 Å². The van der Waals surface area contributed by atoms with Crippen LogP contribution in [0.5, 0.6) is 0 Å². The zero-order chi connectivity index (χ0) is 13.6. The van der Waals surface area contributed by atoms with Gasteiger partial charge in [-0.05, 0) is 31.7 Å². The predicted molar refractivity (Wildman–Crippen MR) is 69.0 cm³/mol. The highest BCUT2D eigenvalue weighted by molar-refractivity contribution is 5.87. The van der Waals surface area contributed by atoms with Gasteiger partial charge in [-0.1, -0.05) is 26.2 Å². The van der Waals surface area contributed by atoms with Crippen LogP contribution >= 0.6 is 0 Å². The number of aliphatic carboxylic acids is 1. The average molecular weight is 256 g/mol. The molecule has 1 saturated carbocycles. The highest BCUT2D eigenvalue weighted by Gasteiger charge is 2.40. The average Bonchev–Trinajstić information content (AvgIpc) is 2.36. The molecule has 5 heteroatoms. The minimum absolute atomic E-state index is 0.167. The van der Waals surface area contributed by atoms with Crippen LogP contribution in [0.4, 0.5) is 0 Å². The van der Waals surface area contributed by atoms with Crippen molar-refractivity contribution in [3.05, 3.63) is 0 Å². The van der Waals surface area contributed by atoms with Crippen molar-refractivity contribution in [1.82, 2.24) is 5.32 Å². The van der Waals surface area contributed by atoms with E-state index in [0.29, 0.717) is 38.1 Å². The van der Waals surface area contributed by atoms with Crippen LogP contribution in [0, 0.1) is 5.92 Å². The Morgan fingerprint density at radius 2 is 1.94 bits per heavy atom. The molecule has 0 heterocycles. The Kier molecular flexibility index (Phi) is 5.59. The van der Waals surface area contributed by atoms with Gasteiger partial charge in [-0.25, -0.2) is 4.79 Å². The van der Waals surface area contributed by atoms with E-state index >= 15 is 0 Å². The molecule has 1 aliphatic carbocycles. The third-order valence-electron chi connectivity index (χ3n) is 3.76. The van der Waals surface area contributed by atoms with Crippen LogP contribution in [0.15, 0.2) is 0 Å². The summed E-state index contributed by atoms with van der Waals surface area (Å²) in [7, 11) is 0. The number of hydrogen-bond acceptors (Lipinski definition) is 3. The first kappa shape index (κ1) is 15.0. The molecule has 0 aliphatic heterocycles. The molecule has 1 aliphatic rings. The summed E-state index contributed by atoms with van der Waals surface area (Å²) in [5, 5.41) is 12.1. The lowest BCUT2D eigenvalue weighted by atomic mass is 9.81.